The fourth-order valence-electron chi connectivity index (χ4n) is 2.17. The van der Waals surface area contributed by atoms with Gasteiger partial charge in [-0.25, -0.2) is 0 Å². The van der Waals surface area contributed by atoms with Crippen LogP contribution in [-0.4, -0.2) is 12.2 Å². The van der Waals surface area contributed by atoms with Crippen LogP contribution in [0.5, 0.6) is 0 Å². The molecular formula is C8H15ClO. The summed E-state index contributed by atoms with van der Waals surface area (Å²) in [7, 11) is 0. The molecule has 60 valence electrons. The molecule has 1 saturated carbocycles. The van der Waals surface area contributed by atoms with Gasteiger partial charge in [-0.3, -0.25) is 0 Å². The van der Waals surface area contributed by atoms with Gasteiger partial charge in [0.15, 0.2) is 0 Å². The van der Waals surface area contributed by atoms with Crippen LogP contribution in [0.15, 0.2) is 0 Å². The van der Waals surface area contributed by atoms with E-state index in [1.807, 2.05) is 0 Å². The van der Waals surface area contributed by atoms with Crippen LogP contribution in [0, 0.1) is 0 Å². The van der Waals surface area contributed by atoms with E-state index in [1.54, 1.807) is 0 Å². The monoisotopic (exact) mass is 162 g/mol. The molecule has 0 radical (unpaired) electrons. The first-order valence-electron chi connectivity index (χ1n) is 4.05. The highest BCUT2D eigenvalue weighted by Gasteiger charge is 2.37. The van der Waals surface area contributed by atoms with Gasteiger partial charge in [-0.15, -0.1) is 12.4 Å². The minimum absolute atomic E-state index is 0. The van der Waals surface area contributed by atoms with Crippen LogP contribution in [0.1, 0.15) is 38.5 Å². The Bertz CT molecular complexity index is 84.3. The van der Waals surface area contributed by atoms with Gasteiger partial charge in [0, 0.05) is 6.61 Å². The summed E-state index contributed by atoms with van der Waals surface area (Å²) < 4.78 is 5.70. The third-order valence-electron chi connectivity index (χ3n) is 2.70. The van der Waals surface area contributed by atoms with Crippen molar-refractivity contribution in [3.05, 3.63) is 0 Å². The first-order chi connectivity index (χ1) is 4.41. The van der Waals surface area contributed by atoms with Crippen LogP contribution in [0.25, 0.3) is 0 Å². The molecule has 2 rings (SSSR count). The van der Waals surface area contributed by atoms with Crippen molar-refractivity contribution in [1.82, 2.24) is 0 Å². The lowest BCUT2D eigenvalue weighted by Crippen LogP contribution is -2.21. The van der Waals surface area contributed by atoms with Crippen LogP contribution >= 0.6 is 12.4 Å². The van der Waals surface area contributed by atoms with Crippen molar-refractivity contribution in [2.24, 2.45) is 0 Å². The summed E-state index contributed by atoms with van der Waals surface area (Å²) in [6.07, 6.45) is 8.13. The topological polar surface area (TPSA) is 9.23 Å². The van der Waals surface area contributed by atoms with Crippen LogP contribution in [0.4, 0.5) is 0 Å². The molecule has 2 aliphatic rings. The molecule has 1 heterocycles. The first kappa shape index (κ1) is 8.35. The van der Waals surface area contributed by atoms with Gasteiger partial charge in [-0.2, -0.15) is 0 Å². The summed E-state index contributed by atoms with van der Waals surface area (Å²) in [6, 6.07) is 0. The van der Waals surface area contributed by atoms with E-state index in [4.69, 9.17) is 4.74 Å². The van der Waals surface area contributed by atoms with Gasteiger partial charge in [-0.05, 0) is 25.7 Å². The number of hydrogen-bond donors (Lipinski definition) is 0. The third kappa shape index (κ3) is 1.30. The van der Waals surface area contributed by atoms with E-state index < -0.39 is 0 Å². The number of rotatable bonds is 0. The Labute approximate surface area is 68.5 Å². The normalized spacial score (nSPS) is 28.8. The highest BCUT2D eigenvalue weighted by atomic mass is 35.5. The van der Waals surface area contributed by atoms with Crippen LogP contribution < -0.4 is 0 Å². The average Bonchev–Trinajstić information content (AvgIpc) is 2.45. The molecule has 10 heavy (non-hydrogen) atoms. The minimum atomic E-state index is 0. The first-order valence-corrected chi connectivity index (χ1v) is 4.05. The van der Waals surface area contributed by atoms with Gasteiger partial charge in [0.2, 0.25) is 0 Å². The van der Waals surface area contributed by atoms with Gasteiger partial charge >= 0.3 is 0 Å². The smallest absolute Gasteiger partial charge is 0.0683 e. The van der Waals surface area contributed by atoms with Crippen molar-refractivity contribution in [1.29, 1.82) is 0 Å². The van der Waals surface area contributed by atoms with E-state index in [2.05, 4.69) is 0 Å². The average molecular weight is 163 g/mol. The van der Waals surface area contributed by atoms with Crippen LogP contribution in [0.2, 0.25) is 0 Å². The molecule has 0 aromatic carbocycles. The zero-order valence-corrected chi connectivity index (χ0v) is 7.08. The molecule has 0 bridgehead atoms. The molecule has 0 unspecified atom stereocenters. The van der Waals surface area contributed by atoms with Gasteiger partial charge in [0.1, 0.15) is 0 Å². The van der Waals surface area contributed by atoms with E-state index in [9.17, 15) is 0 Å². The summed E-state index contributed by atoms with van der Waals surface area (Å²) in [5.74, 6) is 0. The highest BCUT2D eigenvalue weighted by Crippen LogP contribution is 2.40. The van der Waals surface area contributed by atoms with Gasteiger partial charge < -0.3 is 4.74 Å². The number of ether oxygens (including phenoxy) is 1. The van der Waals surface area contributed by atoms with Crippen LogP contribution in [0.3, 0.4) is 0 Å². The molecule has 1 saturated heterocycles. The predicted molar refractivity (Wildman–Crippen MR) is 43.6 cm³/mol. The number of halogens is 1. The summed E-state index contributed by atoms with van der Waals surface area (Å²) in [5.41, 5.74) is 0.389. The Hall–Kier alpha value is 0.250. The Balaban J connectivity index is 0.000000500. The highest BCUT2D eigenvalue weighted by molar-refractivity contribution is 5.85. The molecule has 0 atom stereocenters. The largest absolute Gasteiger partial charge is 0.375 e. The summed E-state index contributed by atoms with van der Waals surface area (Å²) in [5, 5.41) is 0. The quantitative estimate of drug-likeness (QED) is 0.532. The summed E-state index contributed by atoms with van der Waals surface area (Å²) in [6.45, 7) is 1.03. The van der Waals surface area contributed by atoms with Gasteiger partial charge in [-0.1, -0.05) is 12.8 Å². The fraction of sp³-hybridized carbons (Fsp3) is 1.00. The second-order valence-electron chi connectivity index (χ2n) is 3.34. The SMILES string of the molecule is C1CCC2(C1)CCCO2.Cl. The summed E-state index contributed by atoms with van der Waals surface area (Å²) in [4.78, 5) is 0. The fourth-order valence-corrected chi connectivity index (χ4v) is 2.17. The van der Waals surface area contributed by atoms with E-state index in [0.717, 1.165) is 6.61 Å². The van der Waals surface area contributed by atoms with E-state index in [1.165, 1.54) is 38.5 Å². The molecule has 0 N–H and O–H groups in total. The molecule has 1 nitrogen and oxygen atoms in total. The molecule has 0 aromatic rings. The van der Waals surface area contributed by atoms with Crippen molar-refractivity contribution in [3.8, 4) is 0 Å². The van der Waals surface area contributed by atoms with Crippen molar-refractivity contribution in [2.75, 3.05) is 6.61 Å². The second kappa shape index (κ2) is 3.10. The zero-order chi connectivity index (χ0) is 6.16. The van der Waals surface area contributed by atoms with Crippen molar-refractivity contribution in [3.63, 3.8) is 0 Å². The zero-order valence-electron chi connectivity index (χ0n) is 6.27. The second-order valence-corrected chi connectivity index (χ2v) is 3.34. The van der Waals surface area contributed by atoms with E-state index in [-0.39, 0.29) is 12.4 Å². The Morgan fingerprint density at radius 3 is 2.00 bits per heavy atom. The van der Waals surface area contributed by atoms with E-state index in [0.29, 0.717) is 5.60 Å². The maximum absolute atomic E-state index is 5.70. The lowest BCUT2D eigenvalue weighted by molar-refractivity contribution is 0.0105. The van der Waals surface area contributed by atoms with Crippen molar-refractivity contribution in [2.45, 2.75) is 44.1 Å². The Morgan fingerprint density at radius 2 is 1.50 bits per heavy atom. The molecule has 2 fully saturated rings. The Kier molecular flexibility index (Phi) is 2.59. The Morgan fingerprint density at radius 1 is 0.900 bits per heavy atom. The van der Waals surface area contributed by atoms with Gasteiger partial charge in [0.25, 0.3) is 0 Å². The van der Waals surface area contributed by atoms with Crippen LogP contribution in [-0.2, 0) is 4.74 Å². The molecule has 1 spiro atoms. The van der Waals surface area contributed by atoms with Crippen molar-refractivity contribution >= 4 is 12.4 Å². The third-order valence-corrected chi connectivity index (χ3v) is 2.70. The molecular weight excluding hydrogens is 148 g/mol. The standard InChI is InChI=1S/C8H14O.ClH/c1-2-5-8(4-1)6-3-7-9-8;/h1-7H2;1H. The van der Waals surface area contributed by atoms with Gasteiger partial charge in [0.05, 0.1) is 5.60 Å². The van der Waals surface area contributed by atoms with Crippen molar-refractivity contribution < 1.29 is 4.74 Å². The lowest BCUT2D eigenvalue weighted by atomic mass is 9.99. The predicted octanol–water partition coefficient (Wildman–Crippen LogP) is 2.53. The molecule has 2 heteroatoms. The molecule has 1 aliphatic carbocycles. The number of hydrogen-bond acceptors (Lipinski definition) is 1. The molecule has 0 amide bonds. The summed E-state index contributed by atoms with van der Waals surface area (Å²) >= 11 is 0. The molecule has 0 aromatic heterocycles. The molecule has 1 aliphatic heterocycles. The minimum Gasteiger partial charge on any atom is -0.375 e. The maximum Gasteiger partial charge on any atom is 0.0683 e. The lowest BCUT2D eigenvalue weighted by Gasteiger charge is -2.20. The van der Waals surface area contributed by atoms with E-state index >= 15 is 0 Å². The maximum atomic E-state index is 5.70.